The number of nitrogens with one attached hydrogen (secondary N) is 1. The van der Waals surface area contributed by atoms with Crippen molar-refractivity contribution < 1.29 is 4.79 Å². The standard InChI is InChI=1S/C14H22N2O/c1-3-4-10-14(17)16(2)15-12-11-13-8-6-5-7-9-13/h5-9,15H,3-4,10-12H2,1-2H3. The van der Waals surface area contributed by atoms with Gasteiger partial charge in [0.1, 0.15) is 0 Å². The molecule has 0 atom stereocenters. The van der Waals surface area contributed by atoms with E-state index in [9.17, 15) is 4.79 Å². The van der Waals surface area contributed by atoms with Crippen LogP contribution in [0.15, 0.2) is 30.3 Å². The Labute approximate surface area is 104 Å². The maximum Gasteiger partial charge on any atom is 0.236 e. The number of rotatable bonds is 7. The summed E-state index contributed by atoms with van der Waals surface area (Å²) < 4.78 is 0. The smallest absolute Gasteiger partial charge is 0.236 e. The van der Waals surface area contributed by atoms with E-state index >= 15 is 0 Å². The fourth-order valence-corrected chi connectivity index (χ4v) is 1.60. The lowest BCUT2D eigenvalue weighted by Gasteiger charge is -2.18. The van der Waals surface area contributed by atoms with Gasteiger partial charge in [0.15, 0.2) is 0 Å². The van der Waals surface area contributed by atoms with E-state index in [1.165, 1.54) is 5.56 Å². The maximum absolute atomic E-state index is 11.6. The lowest BCUT2D eigenvalue weighted by Crippen LogP contribution is -2.40. The highest BCUT2D eigenvalue weighted by molar-refractivity contribution is 5.75. The summed E-state index contributed by atoms with van der Waals surface area (Å²) in [6.07, 6.45) is 3.59. The first-order chi connectivity index (χ1) is 8.24. The molecule has 94 valence electrons. The number of hydrazine groups is 1. The van der Waals surface area contributed by atoms with Gasteiger partial charge in [-0.2, -0.15) is 0 Å². The maximum atomic E-state index is 11.6. The minimum Gasteiger partial charge on any atom is -0.281 e. The predicted octanol–water partition coefficient (Wildman–Crippen LogP) is 2.38. The van der Waals surface area contributed by atoms with Gasteiger partial charge in [0.25, 0.3) is 0 Å². The second kappa shape index (κ2) is 7.85. The van der Waals surface area contributed by atoms with Crippen molar-refractivity contribution in [3.63, 3.8) is 0 Å². The SMILES string of the molecule is CCCCC(=O)N(C)NCCc1ccccc1. The topological polar surface area (TPSA) is 32.3 Å². The zero-order chi connectivity index (χ0) is 12.5. The third kappa shape index (κ3) is 5.50. The summed E-state index contributed by atoms with van der Waals surface area (Å²) in [5.41, 5.74) is 4.41. The average molecular weight is 234 g/mol. The molecule has 0 aliphatic carbocycles. The van der Waals surface area contributed by atoms with Crippen molar-refractivity contribution in [3.8, 4) is 0 Å². The molecule has 1 rings (SSSR count). The van der Waals surface area contributed by atoms with Crippen molar-refractivity contribution in [2.75, 3.05) is 13.6 Å². The Morgan fingerprint density at radius 2 is 2.00 bits per heavy atom. The number of hydrogen-bond acceptors (Lipinski definition) is 2. The molecule has 0 fully saturated rings. The minimum atomic E-state index is 0.167. The van der Waals surface area contributed by atoms with Crippen molar-refractivity contribution >= 4 is 5.91 Å². The first-order valence-corrected chi connectivity index (χ1v) is 6.28. The van der Waals surface area contributed by atoms with Crippen LogP contribution < -0.4 is 5.43 Å². The van der Waals surface area contributed by atoms with Gasteiger partial charge in [0.2, 0.25) is 5.91 Å². The van der Waals surface area contributed by atoms with Gasteiger partial charge in [0, 0.05) is 20.0 Å². The molecule has 17 heavy (non-hydrogen) atoms. The van der Waals surface area contributed by atoms with Crippen LogP contribution in [0.2, 0.25) is 0 Å². The summed E-state index contributed by atoms with van der Waals surface area (Å²) in [6, 6.07) is 10.3. The van der Waals surface area contributed by atoms with Gasteiger partial charge >= 0.3 is 0 Å². The summed E-state index contributed by atoms with van der Waals surface area (Å²) in [6.45, 7) is 2.88. The molecular formula is C14H22N2O. The Kier molecular flexibility index (Phi) is 6.33. The molecule has 0 bridgehead atoms. The van der Waals surface area contributed by atoms with Crippen LogP contribution in [0.25, 0.3) is 0 Å². The molecule has 1 aromatic carbocycles. The van der Waals surface area contributed by atoms with Crippen LogP contribution in [0.4, 0.5) is 0 Å². The van der Waals surface area contributed by atoms with Crippen LogP contribution in [-0.4, -0.2) is 24.5 Å². The molecular weight excluding hydrogens is 212 g/mol. The molecule has 0 aliphatic rings. The molecule has 1 amide bonds. The molecule has 0 aromatic heterocycles. The van der Waals surface area contributed by atoms with Gasteiger partial charge < -0.3 is 0 Å². The van der Waals surface area contributed by atoms with E-state index in [1.807, 2.05) is 18.2 Å². The quantitative estimate of drug-likeness (QED) is 0.735. The number of benzene rings is 1. The molecule has 1 aromatic rings. The van der Waals surface area contributed by atoms with Crippen LogP contribution in [0, 0.1) is 0 Å². The van der Waals surface area contributed by atoms with Crippen LogP contribution >= 0.6 is 0 Å². The second-order valence-corrected chi connectivity index (χ2v) is 4.20. The van der Waals surface area contributed by atoms with Crippen molar-refractivity contribution in [3.05, 3.63) is 35.9 Å². The fraction of sp³-hybridized carbons (Fsp3) is 0.500. The van der Waals surface area contributed by atoms with Crippen molar-refractivity contribution in [2.45, 2.75) is 32.6 Å². The van der Waals surface area contributed by atoms with Crippen LogP contribution in [0.1, 0.15) is 31.7 Å². The first-order valence-electron chi connectivity index (χ1n) is 6.28. The van der Waals surface area contributed by atoms with Gasteiger partial charge in [-0.1, -0.05) is 43.7 Å². The van der Waals surface area contributed by atoms with E-state index in [0.717, 1.165) is 25.8 Å². The van der Waals surface area contributed by atoms with Gasteiger partial charge in [0.05, 0.1) is 0 Å². The number of hydrogen-bond donors (Lipinski definition) is 1. The summed E-state index contributed by atoms with van der Waals surface area (Å²) in [7, 11) is 1.79. The highest BCUT2D eigenvalue weighted by Gasteiger charge is 2.06. The van der Waals surface area contributed by atoms with Gasteiger partial charge in [-0.05, 0) is 18.4 Å². The second-order valence-electron chi connectivity index (χ2n) is 4.20. The summed E-state index contributed by atoms with van der Waals surface area (Å²) in [5.74, 6) is 0.167. The summed E-state index contributed by atoms with van der Waals surface area (Å²) in [5, 5.41) is 1.61. The minimum absolute atomic E-state index is 0.167. The Morgan fingerprint density at radius 3 is 2.65 bits per heavy atom. The van der Waals surface area contributed by atoms with Gasteiger partial charge in [-0.25, -0.2) is 5.43 Å². The summed E-state index contributed by atoms with van der Waals surface area (Å²) in [4.78, 5) is 11.6. The fourth-order valence-electron chi connectivity index (χ4n) is 1.60. The van der Waals surface area contributed by atoms with E-state index in [4.69, 9.17) is 0 Å². The summed E-state index contributed by atoms with van der Waals surface area (Å²) >= 11 is 0. The van der Waals surface area contributed by atoms with E-state index in [2.05, 4.69) is 24.5 Å². The van der Waals surface area contributed by atoms with Crippen LogP contribution in [-0.2, 0) is 11.2 Å². The Bertz CT molecular complexity index is 324. The zero-order valence-electron chi connectivity index (χ0n) is 10.8. The van der Waals surface area contributed by atoms with Gasteiger partial charge in [-0.3, -0.25) is 9.80 Å². The van der Waals surface area contributed by atoms with Gasteiger partial charge in [-0.15, -0.1) is 0 Å². The van der Waals surface area contributed by atoms with Crippen molar-refractivity contribution in [1.29, 1.82) is 0 Å². The molecule has 0 saturated heterocycles. The number of unbranched alkanes of at least 4 members (excludes halogenated alkanes) is 1. The van der Waals surface area contributed by atoms with Crippen molar-refractivity contribution in [2.24, 2.45) is 0 Å². The Hall–Kier alpha value is -1.35. The highest BCUT2D eigenvalue weighted by Crippen LogP contribution is 1.99. The van der Waals surface area contributed by atoms with E-state index in [1.54, 1.807) is 12.1 Å². The zero-order valence-corrected chi connectivity index (χ0v) is 10.8. The van der Waals surface area contributed by atoms with Crippen LogP contribution in [0.3, 0.4) is 0 Å². The molecule has 1 N–H and O–H groups in total. The number of carbonyl (C=O) groups is 1. The number of carbonyl (C=O) groups excluding carboxylic acids is 1. The molecule has 3 heteroatoms. The number of nitrogens with zero attached hydrogens (tertiary/aromatic N) is 1. The molecule has 0 aliphatic heterocycles. The monoisotopic (exact) mass is 234 g/mol. The van der Waals surface area contributed by atoms with E-state index in [0.29, 0.717) is 6.42 Å². The average Bonchev–Trinajstić information content (AvgIpc) is 2.37. The molecule has 3 nitrogen and oxygen atoms in total. The third-order valence-corrected chi connectivity index (χ3v) is 2.72. The predicted molar refractivity (Wildman–Crippen MR) is 70.4 cm³/mol. The third-order valence-electron chi connectivity index (χ3n) is 2.72. The van der Waals surface area contributed by atoms with E-state index < -0.39 is 0 Å². The Balaban J connectivity index is 2.20. The lowest BCUT2D eigenvalue weighted by molar-refractivity contribution is -0.132. The highest BCUT2D eigenvalue weighted by atomic mass is 16.2. The molecule has 0 unspecified atom stereocenters. The first kappa shape index (κ1) is 13.7. The largest absolute Gasteiger partial charge is 0.281 e. The van der Waals surface area contributed by atoms with Crippen molar-refractivity contribution in [1.82, 2.24) is 10.4 Å². The molecule has 0 radical (unpaired) electrons. The van der Waals surface area contributed by atoms with Crippen LogP contribution in [0.5, 0.6) is 0 Å². The molecule has 0 heterocycles. The number of amides is 1. The van der Waals surface area contributed by atoms with E-state index in [-0.39, 0.29) is 5.91 Å². The molecule has 0 spiro atoms. The Morgan fingerprint density at radius 1 is 1.29 bits per heavy atom. The normalized spacial score (nSPS) is 10.2. The molecule has 0 saturated carbocycles. The lowest BCUT2D eigenvalue weighted by atomic mass is 10.2.